The van der Waals surface area contributed by atoms with E-state index in [1.165, 1.54) is 0 Å². The fraction of sp³-hybridized carbons (Fsp3) is 0.368. The van der Waals surface area contributed by atoms with E-state index in [0.29, 0.717) is 18.2 Å². The summed E-state index contributed by atoms with van der Waals surface area (Å²) in [6, 6.07) is 7.75. The van der Waals surface area contributed by atoms with Crippen LogP contribution in [0, 0.1) is 13.8 Å². The molecule has 136 valence electrons. The molecule has 0 aliphatic carbocycles. The summed E-state index contributed by atoms with van der Waals surface area (Å²) in [5, 5.41) is 12.2. The lowest BCUT2D eigenvalue weighted by molar-refractivity contribution is 0.0784. The first kappa shape index (κ1) is 17.8. The summed E-state index contributed by atoms with van der Waals surface area (Å²) in [5.41, 5.74) is 4.66. The lowest BCUT2D eigenvalue weighted by Gasteiger charge is -2.18. The second-order valence-electron chi connectivity index (χ2n) is 6.77. The van der Waals surface area contributed by atoms with Gasteiger partial charge in [-0.25, -0.2) is 0 Å². The molecule has 1 amide bonds. The minimum atomic E-state index is -0.0315. The first-order valence-corrected chi connectivity index (χ1v) is 8.63. The van der Waals surface area contributed by atoms with Crippen LogP contribution < -0.4 is 0 Å². The molecule has 0 N–H and O–H groups in total. The number of rotatable bonds is 5. The predicted octanol–water partition coefficient (Wildman–Crippen LogP) is 2.93. The topological polar surface area (TPSA) is 68.8 Å². The van der Waals surface area contributed by atoms with Crippen LogP contribution in [0.1, 0.15) is 47.2 Å². The van der Waals surface area contributed by atoms with E-state index >= 15 is 0 Å². The Balaban J connectivity index is 1.82. The molecule has 3 aromatic rings. The minimum Gasteiger partial charge on any atom is -0.337 e. The van der Waals surface area contributed by atoms with Crippen molar-refractivity contribution in [1.82, 2.24) is 29.4 Å². The van der Waals surface area contributed by atoms with Crippen molar-refractivity contribution in [2.24, 2.45) is 0 Å². The van der Waals surface area contributed by atoms with Crippen molar-refractivity contribution in [3.05, 3.63) is 59.4 Å². The number of benzene rings is 1. The maximum Gasteiger partial charge on any atom is 0.253 e. The van der Waals surface area contributed by atoms with Gasteiger partial charge in [-0.2, -0.15) is 5.10 Å². The van der Waals surface area contributed by atoms with Crippen LogP contribution in [0.4, 0.5) is 0 Å². The first-order valence-electron chi connectivity index (χ1n) is 8.63. The number of aryl methyl sites for hydroxylation is 1. The Bertz CT molecular complexity index is 910. The molecular formula is C19H24N6O. The first-order chi connectivity index (χ1) is 12.4. The molecule has 1 aromatic carbocycles. The van der Waals surface area contributed by atoms with Crippen LogP contribution in [0.25, 0.3) is 5.69 Å². The van der Waals surface area contributed by atoms with Crippen LogP contribution in [0.2, 0.25) is 0 Å². The maximum absolute atomic E-state index is 12.9. The van der Waals surface area contributed by atoms with Gasteiger partial charge in [-0.15, -0.1) is 10.2 Å². The molecule has 0 unspecified atom stereocenters. The Morgan fingerprint density at radius 1 is 1.19 bits per heavy atom. The molecule has 2 heterocycles. The van der Waals surface area contributed by atoms with Gasteiger partial charge in [0.15, 0.2) is 0 Å². The van der Waals surface area contributed by atoms with E-state index in [1.807, 2.05) is 42.9 Å². The Kier molecular flexibility index (Phi) is 4.88. The summed E-state index contributed by atoms with van der Waals surface area (Å²) in [7, 11) is 1.82. The fourth-order valence-electron chi connectivity index (χ4n) is 3.09. The highest BCUT2D eigenvalue weighted by molar-refractivity contribution is 5.94. The molecule has 2 aromatic heterocycles. The largest absolute Gasteiger partial charge is 0.337 e. The number of hydrogen-bond donors (Lipinski definition) is 0. The Morgan fingerprint density at radius 3 is 2.50 bits per heavy atom. The summed E-state index contributed by atoms with van der Waals surface area (Å²) in [4.78, 5) is 14.6. The van der Waals surface area contributed by atoms with E-state index in [2.05, 4.69) is 36.1 Å². The Labute approximate surface area is 153 Å². The maximum atomic E-state index is 12.9. The number of aromatic nitrogens is 5. The van der Waals surface area contributed by atoms with Gasteiger partial charge in [-0.3, -0.25) is 14.0 Å². The van der Waals surface area contributed by atoms with Crippen LogP contribution in [-0.2, 0) is 6.54 Å². The van der Waals surface area contributed by atoms with E-state index in [-0.39, 0.29) is 5.91 Å². The summed E-state index contributed by atoms with van der Waals surface area (Å²) in [6.45, 7) is 8.79. The van der Waals surface area contributed by atoms with Gasteiger partial charge < -0.3 is 4.90 Å². The highest BCUT2D eigenvalue weighted by Gasteiger charge is 2.18. The van der Waals surface area contributed by atoms with Gasteiger partial charge >= 0.3 is 0 Å². The molecule has 0 saturated carbocycles. The van der Waals surface area contributed by atoms with Crippen molar-refractivity contribution in [2.45, 2.75) is 40.3 Å². The molecule has 7 nitrogen and oxygen atoms in total. The monoisotopic (exact) mass is 352 g/mol. The average Bonchev–Trinajstić information content (AvgIpc) is 3.25. The Hall–Kier alpha value is -2.96. The molecule has 26 heavy (non-hydrogen) atoms. The van der Waals surface area contributed by atoms with Gasteiger partial charge in [0.2, 0.25) is 0 Å². The molecule has 0 atom stereocenters. The molecular weight excluding hydrogens is 328 g/mol. The summed E-state index contributed by atoms with van der Waals surface area (Å²) in [6.07, 6.45) is 3.22. The van der Waals surface area contributed by atoms with Gasteiger partial charge in [0.05, 0.1) is 5.69 Å². The van der Waals surface area contributed by atoms with Gasteiger partial charge in [0.25, 0.3) is 5.91 Å². The van der Waals surface area contributed by atoms with Crippen LogP contribution in [0.5, 0.6) is 0 Å². The fourth-order valence-corrected chi connectivity index (χ4v) is 3.09. The van der Waals surface area contributed by atoms with Crippen LogP contribution in [-0.4, -0.2) is 42.4 Å². The lowest BCUT2D eigenvalue weighted by atomic mass is 10.1. The molecule has 0 aliphatic heterocycles. The molecule has 0 bridgehead atoms. The van der Waals surface area contributed by atoms with E-state index < -0.39 is 0 Å². The van der Waals surface area contributed by atoms with Crippen molar-refractivity contribution in [3.63, 3.8) is 0 Å². The van der Waals surface area contributed by atoms with Crippen LogP contribution >= 0.6 is 0 Å². The van der Waals surface area contributed by atoms with Crippen molar-refractivity contribution in [3.8, 4) is 5.69 Å². The van der Waals surface area contributed by atoms with Gasteiger partial charge in [0.1, 0.15) is 12.7 Å². The van der Waals surface area contributed by atoms with Crippen LogP contribution in [0.15, 0.2) is 36.9 Å². The number of hydrogen-bond acceptors (Lipinski definition) is 4. The highest BCUT2D eigenvalue weighted by atomic mass is 16.2. The Morgan fingerprint density at radius 2 is 1.88 bits per heavy atom. The van der Waals surface area contributed by atoms with E-state index in [9.17, 15) is 4.79 Å². The third-order valence-corrected chi connectivity index (χ3v) is 4.52. The number of amides is 1. The normalized spacial score (nSPS) is 11.2. The number of carbonyl (C=O) groups is 1. The van der Waals surface area contributed by atoms with Crippen molar-refractivity contribution < 1.29 is 4.79 Å². The van der Waals surface area contributed by atoms with E-state index in [1.54, 1.807) is 22.1 Å². The van der Waals surface area contributed by atoms with Crippen molar-refractivity contribution in [2.75, 3.05) is 7.05 Å². The highest BCUT2D eigenvalue weighted by Crippen LogP contribution is 2.20. The zero-order valence-electron chi connectivity index (χ0n) is 15.8. The number of nitrogens with zero attached hydrogens (tertiary/aromatic N) is 6. The van der Waals surface area contributed by atoms with E-state index in [4.69, 9.17) is 0 Å². The molecule has 0 aliphatic rings. The minimum absolute atomic E-state index is 0.0315. The standard InChI is InChI=1S/C19H24N6O/c1-13(2)25-15(4)18(14(3)22-25)10-23(5)19(26)16-7-6-8-17(9-16)24-11-20-21-12-24/h6-9,11-13H,10H2,1-5H3. The smallest absolute Gasteiger partial charge is 0.253 e. The van der Waals surface area contributed by atoms with Crippen molar-refractivity contribution in [1.29, 1.82) is 0 Å². The molecule has 3 rings (SSSR count). The third-order valence-electron chi connectivity index (χ3n) is 4.52. The third kappa shape index (κ3) is 3.37. The van der Waals surface area contributed by atoms with Crippen molar-refractivity contribution >= 4 is 5.91 Å². The van der Waals surface area contributed by atoms with Gasteiger partial charge in [-0.1, -0.05) is 6.07 Å². The summed E-state index contributed by atoms with van der Waals surface area (Å²) in [5.74, 6) is -0.0315. The molecule has 7 heteroatoms. The molecule has 0 radical (unpaired) electrons. The van der Waals surface area contributed by atoms with E-state index in [0.717, 1.165) is 22.6 Å². The lowest BCUT2D eigenvalue weighted by Crippen LogP contribution is -2.26. The predicted molar refractivity (Wildman–Crippen MR) is 99.2 cm³/mol. The molecule has 0 saturated heterocycles. The second kappa shape index (κ2) is 7.11. The zero-order chi connectivity index (χ0) is 18.8. The summed E-state index contributed by atoms with van der Waals surface area (Å²) >= 11 is 0. The number of carbonyl (C=O) groups excluding carboxylic acids is 1. The van der Waals surface area contributed by atoms with Crippen LogP contribution in [0.3, 0.4) is 0 Å². The average molecular weight is 352 g/mol. The molecule has 0 fully saturated rings. The quantitative estimate of drug-likeness (QED) is 0.708. The zero-order valence-corrected chi connectivity index (χ0v) is 15.8. The van der Waals surface area contributed by atoms with Gasteiger partial charge in [-0.05, 0) is 45.9 Å². The van der Waals surface area contributed by atoms with Gasteiger partial charge in [0, 0.05) is 42.1 Å². The SMILES string of the molecule is Cc1nn(C(C)C)c(C)c1CN(C)C(=O)c1cccc(-n2cnnc2)c1. The molecule has 0 spiro atoms. The summed E-state index contributed by atoms with van der Waals surface area (Å²) < 4.78 is 3.79. The second-order valence-corrected chi connectivity index (χ2v) is 6.77.